The lowest BCUT2D eigenvalue weighted by molar-refractivity contribution is 0.813. The Balaban J connectivity index is 3.11. The van der Waals surface area contributed by atoms with Gasteiger partial charge in [0.1, 0.15) is -0.565 Å². The molecule has 0 aliphatic rings. The molecule has 0 nitrogen and oxygen atoms in total. The van der Waals surface area contributed by atoms with Gasteiger partial charge in [0.15, 0.2) is 0 Å². The van der Waals surface area contributed by atoms with Crippen molar-refractivity contribution in [2.45, 2.75) is 18.7 Å². The van der Waals surface area contributed by atoms with Crippen molar-refractivity contribution in [3.63, 3.8) is 0 Å². The van der Waals surface area contributed by atoms with Crippen LogP contribution in [0.15, 0.2) is 0 Å². The first-order valence-corrected chi connectivity index (χ1v) is 5.66. The predicted molar refractivity (Wildman–Crippen MR) is 64.0 cm³/mol. The summed E-state index contributed by atoms with van der Waals surface area (Å²) in [6, 6.07) is 0. The van der Waals surface area contributed by atoms with Gasteiger partial charge in [0.25, 0.3) is 0 Å². The molecule has 0 saturated heterocycles. The fourth-order valence-electron chi connectivity index (χ4n) is 0.325. The Morgan fingerprint density at radius 3 is 1.88 bits per heavy atom. The average molecular weight is 449 g/mol. The fourth-order valence-corrected chi connectivity index (χ4v) is 1.47. The molecule has 1 radical (unpaired) electrons. The molecule has 8 heavy (non-hydrogen) atoms. The van der Waals surface area contributed by atoms with Gasteiger partial charge >= 0.3 is 0 Å². The van der Waals surface area contributed by atoms with Crippen molar-refractivity contribution in [3.8, 4) is 0 Å². The Kier molecular flexibility index (Phi) is 6.27. The van der Waals surface area contributed by atoms with Gasteiger partial charge in [-0.2, -0.15) is 0 Å². The number of alkyl halides is 3. The molecule has 0 spiro atoms. The smallest absolute Gasteiger partial charge is 0.0554 e. The zero-order valence-electron chi connectivity index (χ0n) is 4.46. The summed E-state index contributed by atoms with van der Waals surface area (Å²) >= 11 is 7.34. The van der Waals surface area contributed by atoms with E-state index in [4.69, 9.17) is 0 Å². The van der Waals surface area contributed by atoms with Gasteiger partial charge in [-0.1, -0.05) is 87.5 Å². The molecule has 0 amide bonds. The third-order valence-corrected chi connectivity index (χ3v) is 2.33. The maximum absolute atomic E-state index is 3.78. The SMILES string of the molecule is [CH2]CCCC(I)(I)I. The quantitative estimate of drug-likeness (QED) is 0.453. The van der Waals surface area contributed by atoms with Crippen molar-refractivity contribution < 1.29 is 0 Å². The molecule has 0 aromatic carbocycles. The highest BCUT2D eigenvalue weighted by Gasteiger charge is 2.14. The number of hydrogen-bond acceptors (Lipinski definition) is 0. The van der Waals surface area contributed by atoms with Gasteiger partial charge in [-0.05, 0) is 6.42 Å². The summed E-state index contributed by atoms with van der Waals surface area (Å²) in [7, 11) is 0. The molecule has 0 heterocycles. The van der Waals surface area contributed by atoms with Gasteiger partial charge in [-0.3, -0.25) is 0 Å². The van der Waals surface area contributed by atoms with Crippen LogP contribution in [0.1, 0.15) is 19.3 Å². The Labute approximate surface area is 92.0 Å². The van der Waals surface area contributed by atoms with Crippen LogP contribution in [0.4, 0.5) is 0 Å². The molecule has 0 bridgehead atoms. The second-order valence-corrected chi connectivity index (χ2v) is 13.3. The predicted octanol–water partition coefficient (Wildman–Crippen LogP) is 3.95. The fraction of sp³-hybridized carbons (Fsp3) is 0.800. The molecule has 0 N–H and O–H groups in total. The standard InChI is InChI=1S/C5H8I3/c1-2-3-4-5(6,7)8/h1-4H2. The van der Waals surface area contributed by atoms with E-state index in [0.29, 0.717) is -0.565 Å². The maximum atomic E-state index is 3.78. The summed E-state index contributed by atoms with van der Waals surface area (Å²) in [5.41, 5.74) is 0. The van der Waals surface area contributed by atoms with E-state index in [1.807, 2.05) is 0 Å². The summed E-state index contributed by atoms with van der Waals surface area (Å²) in [6.45, 7) is 3.78. The lowest BCUT2D eigenvalue weighted by atomic mass is 10.3. The molecule has 0 aliphatic carbocycles. The van der Waals surface area contributed by atoms with E-state index in [0.717, 1.165) is 6.42 Å². The second kappa shape index (κ2) is 4.92. The zero-order chi connectivity index (χ0) is 6.62. The third-order valence-electron chi connectivity index (χ3n) is 0.710. The van der Waals surface area contributed by atoms with Crippen molar-refractivity contribution >= 4 is 67.8 Å². The van der Waals surface area contributed by atoms with Crippen LogP contribution in [0.5, 0.6) is 0 Å². The van der Waals surface area contributed by atoms with E-state index in [2.05, 4.69) is 74.7 Å². The first-order valence-electron chi connectivity index (χ1n) is 2.42. The molecular formula is C5H8I3. The monoisotopic (exact) mass is 449 g/mol. The maximum Gasteiger partial charge on any atom is 0.124 e. The van der Waals surface area contributed by atoms with Crippen LogP contribution < -0.4 is 0 Å². The minimum Gasteiger partial charge on any atom is -0.0554 e. The Morgan fingerprint density at radius 1 is 1.25 bits per heavy atom. The first kappa shape index (κ1) is 10.2. The van der Waals surface area contributed by atoms with Crippen LogP contribution in [0.25, 0.3) is 0 Å². The third kappa shape index (κ3) is 8.19. The van der Waals surface area contributed by atoms with Gasteiger partial charge < -0.3 is 0 Å². The van der Waals surface area contributed by atoms with Gasteiger partial charge in [0, 0.05) is 0 Å². The molecule has 0 atom stereocenters. The van der Waals surface area contributed by atoms with Gasteiger partial charge in [0.2, 0.25) is 0 Å². The molecule has 0 aromatic heterocycles. The van der Waals surface area contributed by atoms with Crippen LogP contribution in [0.2, 0.25) is 0 Å². The van der Waals surface area contributed by atoms with Crippen molar-refractivity contribution in [1.82, 2.24) is 0 Å². The van der Waals surface area contributed by atoms with E-state index < -0.39 is 0 Å². The molecule has 0 unspecified atom stereocenters. The van der Waals surface area contributed by atoms with Crippen LogP contribution in [0.3, 0.4) is 0 Å². The topological polar surface area (TPSA) is 0 Å². The van der Waals surface area contributed by atoms with Crippen molar-refractivity contribution in [3.05, 3.63) is 6.92 Å². The summed E-state index contributed by atoms with van der Waals surface area (Å²) < 4.78 is 0.422. The summed E-state index contributed by atoms with van der Waals surface area (Å²) in [4.78, 5) is 0. The normalized spacial score (nSPS) is 12.0. The summed E-state index contributed by atoms with van der Waals surface area (Å²) in [5.74, 6) is 0. The van der Waals surface area contributed by atoms with E-state index in [9.17, 15) is 0 Å². The van der Waals surface area contributed by atoms with Gasteiger partial charge in [-0.25, -0.2) is 0 Å². The molecule has 0 aliphatic heterocycles. The van der Waals surface area contributed by atoms with Crippen LogP contribution in [0, 0.1) is 6.92 Å². The second-order valence-electron chi connectivity index (χ2n) is 1.57. The molecule has 49 valence electrons. The van der Waals surface area contributed by atoms with E-state index in [1.54, 1.807) is 0 Å². The summed E-state index contributed by atoms with van der Waals surface area (Å²) in [6.07, 6.45) is 3.57. The molecule has 3 heteroatoms. The van der Waals surface area contributed by atoms with Gasteiger partial charge in [-0.15, -0.1) is 0 Å². The Hall–Kier alpha value is 2.19. The molecule has 0 rings (SSSR count). The largest absolute Gasteiger partial charge is 0.124 e. The highest BCUT2D eigenvalue weighted by Crippen LogP contribution is 2.39. The number of unbranched alkanes of at least 4 members (excludes halogenated alkanes) is 1. The Bertz CT molecular complexity index is 55.2. The number of halogens is 3. The minimum atomic E-state index is 0.422. The van der Waals surface area contributed by atoms with E-state index in [1.165, 1.54) is 12.8 Å². The van der Waals surface area contributed by atoms with E-state index in [-0.39, 0.29) is 0 Å². The van der Waals surface area contributed by atoms with Gasteiger partial charge in [0.05, 0.1) is 0 Å². The first-order chi connectivity index (χ1) is 3.56. The van der Waals surface area contributed by atoms with Crippen molar-refractivity contribution in [2.24, 2.45) is 0 Å². The Morgan fingerprint density at radius 2 is 1.75 bits per heavy atom. The average Bonchev–Trinajstić information content (AvgIpc) is 1.59. The molecule has 0 fully saturated rings. The highest BCUT2D eigenvalue weighted by molar-refractivity contribution is 14.3. The number of rotatable bonds is 3. The van der Waals surface area contributed by atoms with Crippen molar-refractivity contribution in [2.75, 3.05) is 0 Å². The van der Waals surface area contributed by atoms with Crippen LogP contribution >= 0.6 is 67.8 Å². The van der Waals surface area contributed by atoms with Crippen molar-refractivity contribution in [1.29, 1.82) is 0 Å². The summed E-state index contributed by atoms with van der Waals surface area (Å²) in [5, 5.41) is 0. The molecule has 0 saturated carbocycles. The molecular weight excluding hydrogens is 441 g/mol. The molecule has 0 aromatic rings. The number of hydrogen-bond donors (Lipinski definition) is 0. The zero-order valence-corrected chi connectivity index (χ0v) is 10.9. The van der Waals surface area contributed by atoms with Crippen LogP contribution in [-0.4, -0.2) is -0.565 Å². The lowest BCUT2D eigenvalue weighted by Crippen LogP contribution is -1.96. The minimum absolute atomic E-state index is 0.422. The highest BCUT2D eigenvalue weighted by atomic mass is 127. The van der Waals surface area contributed by atoms with Crippen LogP contribution in [-0.2, 0) is 0 Å². The lowest BCUT2D eigenvalue weighted by Gasteiger charge is -2.09. The van der Waals surface area contributed by atoms with E-state index >= 15 is 0 Å².